The van der Waals surface area contributed by atoms with Gasteiger partial charge in [-0.3, -0.25) is 14.4 Å². The highest BCUT2D eigenvalue weighted by molar-refractivity contribution is 5.93. The minimum atomic E-state index is -1.03. The molecule has 5 amide bonds. The topological polar surface area (TPSA) is 155 Å². The van der Waals surface area contributed by atoms with Crippen molar-refractivity contribution in [3.8, 4) is 0 Å². The molecule has 11 heteroatoms. The first-order valence-electron chi connectivity index (χ1n) is 13.8. The number of amides is 5. The highest BCUT2D eigenvalue weighted by Gasteiger charge is 2.30. The Bertz CT molecular complexity index is 1040. The molecular weight excluding hydrogens is 514 g/mol. The van der Waals surface area contributed by atoms with Gasteiger partial charge in [-0.05, 0) is 36.7 Å². The summed E-state index contributed by atoms with van der Waals surface area (Å²) in [6.45, 7) is 7.83. The Labute approximate surface area is 236 Å². The third-order valence-electron chi connectivity index (χ3n) is 6.65. The van der Waals surface area contributed by atoms with Gasteiger partial charge in [0, 0.05) is 25.1 Å². The number of nitrogens with one attached hydrogen (secondary N) is 5. The standard InChI is InChI=1S/C29H43N5O6/c1-18(2)21-14-15-24(35)30-16-10-9-13-22(26(36)31-21)32-27(37)23(17-20-11-7-6-8-12-20)33-29(39)34-25(19(3)4)28(38)40-5/h6-8,11-12,14-15,18-19,21-23,25H,9-10,13,16-17H2,1-5H3,(H,30,35)(H,31,36)(H,32,37)(H2,33,34,39)/b15-14+/t21-,22+,23?,25?/m1/s1. The van der Waals surface area contributed by atoms with Crippen LogP contribution in [0.15, 0.2) is 42.5 Å². The number of urea groups is 1. The molecule has 1 aliphatic heterocycles. The van der Waals surface area contributed by atoms with Gasteiger partial charge in [-0.1, -0.05) is 64.1 Å². The first-order valence-corrected chi connectivity index (χ1v) is 13.8. The van der Waals surface area contributed by atoms with Crippen LogP contribution in [0.25, 0.3) is 0 Å². The Hall–Kier alpha value is -3.89. The molecule has 0 aromatic heterocycles. The highest BCUT2D eigenvalue weighted by atomic mass is 16.5. The normalized spacial score (nSPS) is 20.6. The van der Waals surface area contributed by atoms with E-state index < -0.39 is 42.1 Å². The molecular formula is C29H43N5O6. The van der Waals surface area contributed by atoms with Crippen LogP contribution in [0, 0.1) is 11.8 Å². The summed E-state index contributed by atoms with van der Waals surface area (Å²) in [6, 6.07) is 5.29. The van der Waals surface area contributed by atoms with Gasteiger partial charge >= 0.3 is 12.0 Å². The van der Waals surface area contributed by atoms with Crippen LogP contribution < -0.4 is 26.6 Å². The van der Waals surface area contributed by atoms with E-state index in [1.54, 1.807) is 19.9 Å². The fourth-order valence-corrected chi connectivity index (χ4v) is 4.20. The van der Waals surface area contributed by atoms with Crippen LogP contribution in [0.2, 0.25) is 0 Å². The lowest BCUT2D eigenvalue weighted by Crippen LogP contribution is -2.58. The fourth-order valence-electron chi connectivity index (χ4n) is 4.20. The van der Waals surface area contributed by atoms with Crippen LogP contribution in [0.4, 0.5) is 4.79 Å². The monoisotopic (exact) mass is 557 g/mol. The first kappa shape index (κ1) is 32.3. The van der Waals surface area contributed by atoms with Crippen LogP contribution in [-0.2, 0) is 30.3 Å². The Balaban J connectivity index is 2.24. The Morgan fingerprint density at radius 1 is 1.02 bits per heavy atom. The number of rotatable bonds is 9. The lowest BCUT2D eigenvalue weighted by atomic mass is 10.0. The maximum Gasteiger partial charge on any atom is 0.328 e. The van der Waals surface area contributed by atoms with Crippen molar-refractivity contribution in [3.63, 3.8) is 0 Å². The minimum Gasteiger partial charge on any atom is -0.467 e. The van der Waals surface area contributed by atoms with Gasteiger partial charge in [-0.15, -0.1) is 0 Å². The number of methoxy groups -OCH3 is 1. The summed E-state index contributed by atoms with van der Waals surface area (Å²) in [5.74, 6) is -1.95. The molecule has 1 heterocycles. The molecule has 0 fully saturated rings. The van der Waals surface area contributed by atoms with Crippen LogP contribution in [0.5, 0.6) is 0 Å². The zero-order valence-electron chi connectivity index (χ0n) is 24.0. The Morgan fingerprint density at radius 3 is 2.35 bits per heavy atom. The number of hydrogen-bond donors (Lipinski definition) is 5. The number of esters is 1. The summed E-state index contributed by atoms with van der Waals surface area (Å²) in [4.78, 5) is 63.9. The molecule has 0 spiro atoms. The molecule has 0 saturated heterocycles. The summed E-state index contributed by atoms with van der Waals surface area (Å²) >= 11 is 0. The molecule has 5 N–H and O–H groups in total. The van der Waals surface area contributed by atoms with Gasteiger partial charge in [-0.25, -0.2) is 9.59 Å². The van der Waals surface area contributed by atoms with Crippen molar-refractivity contribution in [2.75, 3.05) is 13.7 Å². The van der Waals surface area contributed by atoms with E-state index in [2.05, 4.69) is 26.6 Å². The minimum absolute atomic E-state index is 0.00666. The van der Waals surface area contributed by atoms with Crippen molar-refractivity contribution >= 4 is 29.7 Å². The fraction of sp³-hybridized carbons (Fsp3) is 0.552. The molecule has 220 valence electrons. The molecule has 2 unspecified atom stereocenters. The van der Waals surface area contributed by atoms with E-state index in [1.807, 2.05) is 44.2 Å². The second-order valence-electron chi connectivity index (χ2n) is 10.6. The van der Waals surface area contributed by atoms with Crippen molar-refractivity contribution in [2.45, 2.75) is 77.5 Å². The number of carbonyl (C=O) groups excluding carboxylic acids is 5. The SMILES string of the molecule is COC(=O)C(NC(=O)NC(Cc1ccccc1)C(=O)N[C@H]1CCCCNC(=O)/C=C/[C@H](C(C)C)NC1=O)C(C)C. The number of benzene rings is 1. The van der Waals surface area contributed by atoms with E-state index in [0.717, 1.165) is 5.56 Å². The summed E-state index contributed by atoms with van der Waals surface area (Å²) in [5.41, 5.74) is 0.806. The van der Waals surface area contributed by atoms with Gasteiger partial charge < -0.3 is 31.3 Å². The Kier molecular flexibility index (Phi) is 13.1. The molecule has 0 bridgehead atoms. The van der Waals surface area contributed by atoms with Crippen LogP contribution in [-0.4, -0.2) is 67.5 Å². The van der Waals surface area contributed by atoms with E-state index in [0.29, 0.717) is 25.8 Å². The second kappa shape index (κ2) is 16.3. The van der Waals surface area contributed by atoms with Gasteiger partial charge in [-0.2, -0.15) is 0 Å². The Morgan fingerprint density at radius 2 is 1.73 bits per heavy atom. The van der Waals surface area contributed by atoms with E-state index in [1.165, 1.54) is 13.2 Å². The number of ether oxygens (including phenoxy) is 1. The van der Waals surface area contributed by atoms with Crippen LogP contribution in [0.1, 0.15) is 52.5 Å². The quantitative estimate of drug-likeness (QED) is 0.291. The zero-order valence-corrected chi connectivity index (χ0v) is 24.0. The lowest BCUT2D eigenvalue weighted by molar-refractivity contribution is -0.144. The molecule has 11 nitrogen and oxygen atoms in total. The van der Waals surface area contributed by atoms with Crippen LogP contribution in [0.3, 0.4) is 0 Å². The van der Waals surface area contributed by atoms with Crippen molar-refractivity contribution < 1.29 is 28.7 Å². The van der Waals surface area contributed by atoms with Crippen molar-refractivity contribution in [2.24, 2.45) is 11.8 Å². The van der Waals surface area contributed by atoms with Gasteiger partial charge in [0.05, 0.1) is 7.11 Å². The van der Waals surface area contributed by atoms with Crippen molar-refractivity contribution in [1.82, 2.24) is 26.6 Å². The largest absolute Gasteiger partial charge is 0.467 e. The molecule has 4 atom stereocenters. The van der Waals surface area contributed by atoms with Crippen LogP contribution >= 0.6 is 0 Å². The van der Waals surface area contributed by atoms with Gasteiger partial charge in [0.25, 0.3) is 0 Å². The van der Waals surface area contributed by atoms with Crippen molar-refractivity contribution in [1.29, 1.82) is 0 Å². The molecule has 2 rings (SSSR count). The van der Waals surface area contributed by atoms with E-state index in [4.69, 9.17) is 4.74 Å². The smallest absolute Gasteiger partial charge is 0.328 e. The lowest BCUT2D eigenvalue weighted by Gasteiger charge is -2.27. The van der Waals surface area contributed by atoms with E-state index >= 15 is 0 Å². The number of carbonyl (C=O) groups is 5. The third-order valence-corrected chi connectivity index (χ3v) is 6.65. The first-order chi connectivity index (χ1) is 19.0. The summed E-state index contributed by atoms with van der Waals surface area (Å²) < 4.78 is 4.79. The molecule has 0 aliphatic carbocycles. The summed E-state index contributed by atoms with van der Waals surface area (Å²) in [7, 11) is 1.24. The molecule has 1 aromatic rings. The molecule has 1 aromatic carbocycles. The predicted octanol–water partition coefficient (Wildman–Crippen LogP) is 1.58. The van der Waals surface area contributed by atoms with Gasteiger partial charge in [0.15, 0.2) is 0 Å². The average molecular weight is 558 g/mol. The number of hydrogen-bond acceptors (Lipinski definition) is 6. The summed E-state index contributed by atoms with van der Waals surface area (Å²) in [5, 5.41) is 13.8. The van der Waals surface area contributed by atoms with Gasteiger partial charge in [0.2, 0.25) is 17.7 Å². The van der Waals surface area contributed by atoms with Gasteiger partial charge in [0.1, 0.15) is 18.1 Å². The predicted molar refractivity (Wildman–Crippen MR) is 151 cm³/mol. The van der Waals surface area contributed by atoms with E-state index in [-0.39, 0.29) is 30.1 Å². The molecule has 40 heavy (non-hydrogen) atoms. The molecule has 0 radical (unpaired) electrons. The molecule has 0 saturated carbocycles. The maximum atomic E-state index is 13.5. The maximum absolute atomic E-state index is 13.5. The van der Waals surface area contributed by atoms with E-state index in [9.17, 15) is 24.0 Å². The third kappa shape index (κ3) is 10.7. The highest BCUT2D eigenvalue weighted by Crippen LogP contribution is 2.10. The van der Waals surface area contributed by atoms with Crippen molar-refractivity contribution in [3.05, 3.63) is 48.0 Å². The second-order valence-corrected chi connectivity index (χ2v) is 10.6. The molecule has 1 aliphatic rings. The average Bonchev–Trinajstić information content (AvgIpc) is 2.91. The zero-order chi connectivity index (χ0) is 29.7. The summed E-state index contributed by atoms with van der Waals surface area (Å²) in [6.07, 6.45) is 4.80.